The Morgan fingerprint density at radius 2 is 1.88 bits per heavy atom. The number of nitrogens with one attached hydrogen (secondary N) is 2. The van der Waals surface area contributed by atoms with Crippen LogP contribution in [0, 0.1) is 5.41 Å². The molecule has 2 aromatic rings. The molecule has 1 heterocycles. The first-order chi connectivity index (χ1) is 15.5. The fourth-order valence-corrected chi connectivity index (χ4v) is 3.90. The lowest BCUT2D eigenvalue weighted by Crippen LogP contribution is -2.25. The number of rotatable bonds is 11. The van der Waals surface area contributed by atoms with Crippen molar-refractivity contribution in [1.82, 2.24) is 4.90 Å². The molecule has 4 N–H and O–H groups in total. The number of nitrogen functional groups attached to an aromatic ring is 1. The highest BCUT2D eigenvalue weighted by molar-refractivity contribution is 5.95. The average Bonchev–Trinajstić information content (AvgIpc) is 3.31. The fourth-order valence-electron chi connectivity index (χ4n) is 3.90. The van der Waals surface area contributed by atoms with Crippen molar-refractivity contribution >= 4 is 17.5 Å². The van der Waals surface area contributed by atoms with Crippen LogP contribution in [0.5, 0.6) is 5.75 Å². The third kappa shape index (κ3) is 6.23. The van der Waals surface area contributed by atoms with E-state index in [4.69, 9.17) is 20.6 Å². The topological polar surface area (TPSA) is 101 Å². The van der Waals surface area contributed by atoms with Gasteiger partial charge in [-0.1, -0.05) is 13.0 Å². The molecular formula is C25H34N4O3. The maximum Gasteiger partial charge on any atom is 0.333 e. The second-order valence-corrected chi connectivity index (χ2v) is 7.94. The highest BCUT2D eigenvalue weighted by Gasteiger charge is 2.23. The van der Waals surface area contributed by atoms with Gasteiger partial charge in [-0.25, -0.2) is 4.79 Å². The van der Waals surface area contributed by atoms with Crippen LogP contribution in [-0.4, -0.2) is 49.6 Å². The van der Waals surface area contributed by atoms with Crippen LogP contribution in [0.4, 0.5) is 5.69 Å². The molecular weight excluding hydrogens is 404 g/mol. The highest BCUT2D eigenvalue weighted by Crippen LogP contribution is 2.28. The van der Waals surface area contributed by atoms with Crippen molar-refractivity contribution in [2.45, 2.75) is 39.2 Å². The summed E-state index contributed by atoms with van der Waals surface area (Å²) in [5.74, 6) is 0.531. The Kier molecular flexibility index (Phi) is 8.50. The smallest absolute Gasteiger partial charge is 0.333 e. The summed E-state index contributed by atoms with van der Waals surface area (Å²) >= 11 is 0. The first-order valence-corrected chi connectivity index (χ1v) is 11.4. The first-order valence-electron chi connectivity index (χ1n) is 11.4. The Balaban J connectivity index is 1.75. The largest absolute Gasteiger partial charge is 0.492 e. The number of aryl methyl sites for hydroxylation is 1. The molecule has 1 fully saturated rings. The normalized spacial score (nSPS) is 14.7. The molecule has 7 heteroatoms. The van der Waals surface area contributed by atoms with Gasteiger partial charge in [0.25, 0.3) is 0 Å². The quantitative estimate of drug-likeness (QED) is 0.281. The van der Waals surface area contributed by atoms with Crippen LogP contribution in [0.3, 0.4) is 0 Å². The van der Waals surface area contributed by atoms with Gasteiger partial charge >= 0.3 is 5.97 Å². The summed E-state index contributed by atoms with van der Waals surface area (Å²) < 4.78 is 11.4. The Morgan fingerprint density at radius 1 is 1.16 bits per heavy atom. The van der Waals surface area contributed by atoms with Crippen molar-refractivity contribution in [1.29, 1.82) is 5.41 Å². The van der Waals surface area contributed by atoms with Gasteiger partial charge in [-0.2, -0.15) is 0 Å². The first kappa shape index (κ1) is 23.6. The summed E-state index contributed by atoms with van der Waals surface area (Å²) in [6.45, 7) is 8.10. The average molecular weight is 439 g/mol. The zero-order chi connectivity index (χ0) is 22.9. The Morgan fingerprint density at radius 3 is 2.50 bits per heavy atom. The zero-order valence-electron chi connectivity index (χ0n) is 19.0. The molecule has 172 valence electrons. The second-order valence-electron chi connectivity index (χ2n) is 7.94. The van der Waals surface area contributed by atoms with E-state index >= 15 is 0 Å². The van der Waals surface area contributed by atoms with Gasteiger partial charge in [0, 0.05) is 17.8 Å². The third-order valence-electron chi connectivity index (χ3n) is 5.69. The SMILES string of the molecule is CCOC(=O)C(Nc1ccc(C(=N)N)cc1)c1ccc(OCCN2CCCC2)c(CC)c1. The number of carbonyl (C=O) groups excluding carboxylic acids is 1. The number of nitrogens with two attached hydrogens (primary N) is 1. The molecule has 1 atom stereocenters. The summed E-state index contributed by atoms with van der Waals surface area (Å²) in [5.41, 5.74) is 8.80. The van der Waals surface area contributed by atoms with E-state index in [2.05, 4.69) is 17.1 Å². The van der Waals surface area contributed by atoms with E-state index < -0.39 is 6.04 Å². The molecule has 0 spiro atoms. The highest BCUT2D eigenvalue weighted by atomic mass is 16.5. The minimum Gasteiger partial charge on any atom is -0.492 e. The molecule has 2 aromatic carbocycles. The van der Waals surface area contributed by atoms with E-state index in [0.29, 0.717) is 18.8 Å². The number of carbonyl (C=O) groups is 1. The lowest BCUT2D eigenvalue weighted by atomic mass is 10.0. The van der Waals surface area contributed by atoms with Crippen molar-refractivity contribution in [3.05, 3.63) is 59.2 Å². The Bertz CT molecular complexity index is 908. The molecule has 1 aliphatic rings. The van der Waals surface area contributed by atoms with Crippen molar-refractivity contribution in [2.24, 2.45) is 5.73 Å². The molecule has 0 aliphatic carbocycles. The number of esters is 1. The van der Waals surface area contributed by atoms with E-state index in [9.17, 15) is 4.79 Å². The Labute approximate surface area is 190 Å². The molecule has 32 heavy (non-hydrogen) atoms. The Hall–Kier alpha value is -3.06. The molecule has 0 radical (unpaired) electrons. The van der Waals surface area contributed by atoms with Crippen molar-refractivity contribution in [3.8, 4) is 5.75 Å². The van der Waals surface area contributed by atoms with Gasteiger partial charge < -0.3 is 20.5 Å². The van der Waals surface area contributed by atoms with Gasteiger partial charge in [-0.15, -0.1) is 0 Å². The standard InChI is InChI=1S/C25H34N4O3/c1-3-18-17-20(9-12-22(18)32-16-15-29-13-5-6-14-29)23(25(30)31-4-2)28-21-10-7-19(8-11-21)24(26)27/h7-12,17,23,28H,3-6,13-16H2,1-2H3,(H3,26,27). The molecule has 0 amide bonds. The van der Waals surface area contributed by atoms with Crippen molar-refractivity contribution < 1.29 is 14.3 Å². The number of amidine groups is 1. The molecule has 1 saturated heterocycles. The molecule has 1 unspecified atom stereocenters. The molecule has 0 bridgehead atoms. The maximum atomic E-state index is 12.8. The lowest BCUT2D eigenvalue weighted by molar-refractivity contribution is -0.144. The van der Waals surface area contributed by atoms with Crippen LogP contribution in [-0.2, 0) is 16.0 Å². The van der Waals surface area contributed by atoms with Crippen LogP contribution >= 0.6 is 0 Å². The summed E-state index contributed by atoms with van der Waals surface area (Å²) in [7, 11) is 0. The van der Waals surface area contributed by atoms with E-state index in [1.54, 1.807) is 31.2 Å². The number of benzene rings is 2. The molecule has 3 rings (SSSR count). The van der Waals surface area contributed by atoms with Gasteiger partial charge in [0.05, 0.1) is 6.61 Å². The predicted molar refractivity (Wildman–Crippen MR) is 127 cm³/mol. The zero-order valence-corrected chi connectivity index (χ0v) is 19.0. The number of hydrogen-bond acceptors (Lipinski definition) is 6. The van der Waals surface area contributed by atoms with Crippen LogP contribution in [0.25, 0.3) is 0 Å². The number of anilines is 1. The summed E-state index contributed by atoms with van der Waals surface area (Å²) in [5, 5.41) is 10.8. The summed E-state index contributed by atoms with van der Waals surface area (Å²) in [6, 6.07) is 12.3. The van der Waals surface area contributed by atoms with Crippen LogP contribution in [0.1, 0.15) is 49.4 Å². The van der Waals surface area contributed by atoms with E-state index in [-0.39, 0.29) is 11.8 Å². The maximum absolute atomic E-state index is 12.8. The molecule has 0 aromatic heterocycles. The predicted octanol–water partition coefficient (Wildman–Crippen LogP) is 3.72. The number of nitrogens with zero attached hydrogens (tertiary/aromatic N) is 1. The molecule has 0 saturated carbocycles. The minimum atomic E-state index is -0.651. The van der Waals surface area contributed by atoms with Gasteiger partial charge in [0.15, 0.2) is 6.04 Å². The van der Waals surface area contributed by atoms with E-state index in [1.807, 2.05) is 18.2 Å². The summed E-state index contributed by atoms with van der Waals surface area (Å²) in [6.07, 6.45) is 3.35. The molecule has 1 aliphatic heterocycles. The lowest BCUT2D eigenvalue weighted by Gasteiger charge is -2.21. The monoisotopic (exact) mass is 438 g/mol. The van der Waals surface area contributed by atoms with Gasteiger partial charge in [-0.3, -0.25) is 10.3 Å². The van der Waals surface area contributed by atoms with Crippen molar-refractivity contribution in [2.75, 3.05) is 38.2 Å². The van der Waals surface area contributed by atoms with Crippen LogP contribution in [0.15, 0.2) is 42.5 Å². The van der Waals surface area contributed by atoms with Gasteiger partial charge in [-0.05, 0) is 86.8 Å². The van der Waals surface area contributed by atoms with E-state index in [0.717, 1.165) is 48.6 Å². The van der Waals surface area contributed by atoms with E-state index in [1.165, 1.54) is 12.8 Å². The molecule has 7 nitrogen and oxygen atoms in total. The fraction of sp³-hybridized carbons (Fsp3) is 0.440. The number of hydrogen-bond donors (Lipinski definition) is 3. The van der Waals surface area contributed by atoms with Crippen LogP contribution < -0.4 is 15.8 Å². The summed E-state index contributed by atoms with van der Waals surface area (Å²) in [4.78, 5) is 15.2. The number of likely N-dealkylation sites (tertiary alicyclic amines) is 1. The second kappa shape index (κ2) is 11.5. The third-order valence-corrected chi connectivity index (χ3v) is 5.69. The van der Waals surface area contributed by atoms with Gasteiger partial charge in [0.2, 0.25) is 0 Å². The number of ether oxygens (including phenoxy) is 2. The minimum absolute atomic E-state index is 0.00593. The van der Waals surface area contributed by atoms with Gasteiger partial charge in [0.1, 0.15) is 18.2 Å². The van der Waals surface area contributed by atoms with Crippen LogP contribution in [0.2, 0.25) is 0 Å². The van der Waals surface area contributed by atoms with Crippen molar-refractivity contribution in [3.63, 3.8) is 0 Å².